The molecule has 1 aromatic carbocycles. The lowest BCUT2D eigenvalue weighted by Crippen LogP contribution is -1.79. The molecule has 4 heteroatoms. The number of hydrogen-bond donors (Lipinski definition) is 0. The van der Waals surface area contributed by atoms with E-state index in [1.165, 1.54) is 0 Å². The minimum absolute atomic E-state index is 0.753. The van der Waals surface area contributed by atoms with Gasteiger partial charge in [-0.25, -0.2) is 4.98 Å². The van der Waals surface area contributed by atoms with Crippen LogP contribution >= 0.6 is 38.9 Å². The Labute approximate surface area is 99.9 Å². The molecule has 0 aliphatic heterocycles. The molecule has 2 aromatic rings. The second kappa shape index (κ2) is 4.43. The summed E-state index contributed by atoms with van der Waals surface area (Å²) >= 11 is 11.1. The molecule has 0 amide bonds. The Kier molecular flexibility index (Phi) is 3.21. The first-order chi connectivity index (χ1) is 6.81. The average Bonchev–Trinajstić information content (AvgIpc) is 2.67. The van der Waals surface area contributed by atoms with Crippen LogP contribution in [0.1, 0.15) is 5.69 Å². The molecule has 2 rings (SSSR count). The molecule has 0 aliphatic rings. The Balaban J connectivity index is 2.44. The number of nitrogens with zero attached hydrogens (tertiary/aromatic N) is 1. The Morgan fingerprint density at radius 3 is 2.79 bits per heavy atom. The second-order valence-electron chi connectivity index (χ2n) is 2.76. The van der Waals surface area contributed by atoms with Gasteiger partial charge in [0.1, 0.15) is 5.01 Å². The minimum atomic E-state index is 0.753. The second-order valence-corrected chi connectivity index (χ2v) is 4.58. The minimum Gasteiger partial charge on any atom is -0.240 e. The predicted octanol–water partition coefficient (Wildman–Crippen LogP) is 4.36. The Morgan fingerprint density at radius 1 is 1.36 bits per heavy atom. The van der Waals surface area contributed by atoms with E-state index in [9.17, 15) is 0 Å². The normalized spacial score (nSPS) is 10.4. The summed E-state index contributed by atoms with van der Waals surface area (Å²) in [5, 5.41) is 4.55. The van der Waals surface area contributed by atoms with Crippen molar-refractivity contribution < 1.29 is 0 Å². The van der Waals surface area contributed by atoms with Crippen molar-refractivity contribution in [3.05, 3.63) is 40.4 Å². The van der Waals surface area contributed by atoms with E-state index in [0.29, 0.717) is 0 Å². The van der Waals surface area contributed by atoms with Gasteiger partial charge in [0.2, 0.25) is 0 Å². The first-order valence-corrected chi connectivity index (χ1v) is 6.44. The number of benzene rings is 1. The summed E-state index contributed by atoms with van der Waals surface area (Å²) in [6, 6.07) is 7.76. The van der Waals surface area contributed by atoms with Crippen LogP contribution in [0.25, 0.3) is 10.6 Å². The van der Waals surface area contributed by atoms with Crippen LogP contribution < -0.4 is 0 Å². The largest absolute Gasteiger partial charge is 0.240 e. The lowest BCUT2D eigenvalue weighted by Gasteiger charge is -1.97. The highest BCUT2D eigenvalue weighted by atomic mass is 79.9. The van der Waals surface area contributed by atoms with E-state index in [1.54, 1.807) is 11.3 Å². The molecule has 0 unspecified atom stereocenters. The summed E-state index contributed by atoms with van der Waals surface area (Å²) in [7, 11) is 0. The number of alkyl halides is 1. The number of aromatic nitrogens is 1. The van der Waals surface area contributed by atoms with E-state index in [0.717, 1.165) is 26.6 Å². The zero-order chi connectivity index (χ0) is 9.97. The van der Waals surface area contributed by atoms with Crippen LogP contribution in [-0.2, 0) is 5.33 Å². The van der Waals surface area contributed by atoms with Crippen molar-refractivity contribution in [3.63, 3.8) is 0 Å². The zero-order valence-corrected chi connectivity index (χ0v) is 10.4. The summed E-state index contributed by atoms with van der Waals surface area (Å²) in [6.07, 6.45) is 0. The van der Waals surface area contributed by atoms with Crippen molar-refractivity contribution in [1.29, 1.82) is 0 Å². The van der Waals surface area contributed by atoms with Crippen molar-refractivity contribution in [3.8, 4) is 10.6 Å². The third-order valence-corrected chi connectivity index (χ3v) is 3.62. The fourth-order valence-corrected chi connectivity index (χ4v) is 2.77. The first kappa shape index (κ1) is 10.1. The van der Waals surface area contributed by atoms with Gasteiger partial charge in [0, 0.05) is 16.3 Å². The van der Waals surface area contributed by atoms with E-state index in [4.69, 9.17) is 11.6 Å². The molecule has 0 bridgehead atoms. The van der Waals surface area contributed by atoms with Crippen LogP contribution in [0.3, 0.4) is 0 Å². The van der Waals surface area contributed by atoms with Crippen molar-refractivity contribution in [2.75, 3.05) is 0 Å². The molecule has 72 valence electrons. The molecule has 0 aliphatic carbocycles. The quantitative estimate of drug-likeness (QED) is 0.748. The van der Waals surface area contributed by atoms with Crippen molar-refractivity contribution in [2.45, 2.75) is 5.33 Å². The molecule has 1 aromatic heterocycles. The average molecular weight is 289 g/mol. The summed E-state index contributed by atoms with van der Waals surface area (Å²) in [6.45, 7) is 0. The summed E-state index contributed by atoms with van der Waals surface area (Å²) in [4.78, 5) is 4.45. The van der Waals surface area contributed by atoms with Gasteiger partial charge in [-0.05, 0) is 6.07 Å². The van der Waals surface area contributed by atoms with Gasteiger partial charge in [-0.1, -0.05) is 45.7 Å². The summed E-state index contributed by atoms with van der Waals surface area (Å²) < 4.78 is 0. The van der Waals surface area contributed by atoms with Crippen molar-refractivity contribution in [1.82, 2.24) is 4.98 Å². The van der Waals surface area contributed by atoms with Crippen LogP contribution in [0.2, 0.25) is 5.02 Å². The summed E-state index contributed by atoms with van der Waals surface area (Å²) in [5.41, 5.74) is 2.05. The molecule has 0 fully saturated rings. The molecule has 0 spiro atoms. The number of hydrogen-bond acceptors (Lipinski definition) is 2. The van der Waals surface area contributed by atoms with Gasteiger partial charge in [-0.15, -0.1) is 11.3 Å². The maximum atomic E-state index is 6.07. The molecule has 0 N–H and O–H groups in total. The number of halogens is 2. The van der Waals surface area contributed by atoms with Crippen LogP contribution in [-0.4, -0.2) is 4.98 Å². The molecule has 14 heavy (non-hydrogen) atoms. The van der Waals surface area contributed by atoms with E-state index < -0.39 is 0 Å². The van der Waals surface area contributed by atoms with Gasteiger partial charge in [0.25, 0.3) is 0 Å². The van der Waals surface area contributed by atoms with E-state index >= 15 is 0 Å². The van der Waals surface area contributed by atoms with Crippen molar-refractivity contribution in [2.24, 2.45) is 0 Å². The van der Waals surface area contributed by atoms with E-state index in [1.807, 2.05) is 29.6 Å². The van der Waals surface area contributed by atoms with Crippen LogP contribution in [0, 0.1) is 0 Å². The third kappa shape index (κ3) is 2.00. The fraction of sp³-hybridized carbons (Fsp3) is 0.100. The predicted molar refractivity (Wildman–Crippen MR) is 65.2 cm³/mol. The molecule has 0 atom stereocenters. The third-order valence-electron chi connectivity index (χ3n) is 1.79. The Bertz CT molecular complexity index is 441. The SMILES string of the molecule is Clc1ccccc1-c1nc(CBr)cs1. The maximum Gasteiger partial charge on any atom is 0.125 e. The van der Waals surface area contributed by atoms with Crippen molar-refractivity contribution >= 4 is 38.9 Å². The molecule has 1 heterocycles. The first-order valence-electron chi connectivity index (χ1n) is 4.06. The van der Waals surface area contributed by atoms with E-state index in [2.05, 4.69) is 20.9 Å². The van der Waals surface area contributed by atoms with Crippen LogP contribution in [0.4, 0.5) is 0 Å². The summed E-state index contributed by atoms with van der Waals surface area (Å²) in [5.74, 6) is 0. The highest BCUT2D eigenvalue weighted by Gasteiger charge is 2.06. The van der Waals surface area contributed by atoms with Gasteiger partial charge >= 0.3 is 0 Å². The smallest absolute Gasteiger partial charge is 0.125 e. The highest BCUT2D eigenvalue weighted by molar-refractivity contribution is 9.08. The van der Waals surface area contributed by atoms with Gasteiger partial charge in [0.15, 0.2) is 0 Å². The number of thiazole rings is 1. The molecule has 1 nitrogen and oxygen atoms in total. The van der Waals surface area contributed by atoms with Gasteiger partial charge in [-0.2, -0.15) is 0 Å². The van der Waals surface area contributed by atoms with Gasteiger partial charge in [-0.3, -0.25) is 0 Å². The topological polar surface area (TPSA) is 12.9 Å². The van der Waals surface area contributed by atoms with Crippen LogP contribution in [0.5, 0.6) is 0 Å². The molecule has 0 saturated heterocycles. The highest BCUT2D eigenvalue weighted by Crippen LogP contribution is 2.30. The Morgan fingerprint density at radius 2 is 2.14 bits per heavy atom. The fourth-order valence-electron chi connectivity index (χ4n) is 1.13. The molecule has 0 radical (unpaired) electrons. The lowest BCUT2D eigenvalue weighted by atomic mass is 10.2. The van der Waals surface area contributed by atoms with Gasteiger partial charge < -0.3 is 0 Å². The van der Waals surface area contributed by atoms with Gasteiger partial charge in [0.05, 0.1) is 10.7 Å². The number of rotatable bonds is 2. The molecule has 0 saturated carbocycles. The zero-order valence-electron chi connectivity index (χ0n) is 7.21. The molecular formula is C10H7BrClNS. The monoisotopic (exact) mass is 287 g/mol. The van der Waals surface area contributed by atoms with Crippen LogP contribution in [0.15, 0.2) is 29.6 Å². The van der Waals surface area contributed by atoms with E-state index in [-0.39, 0.29) is 0 Å². The maximum absolute atomic E-state index is 6.07. The Hall–Kier alpha value is -0.380. The lowest BCUT2D eigenvalue weighted by molar-refractivity contribution is 1.25. The molecular weight excluding hydrogens is 282 g/mol. The standard InChI is InChI=1S/C10H7BrClNS/c11-5-7-6-14-10(13-7)8-3-1-2-4-9(8)12/h1-4,6H,5H2.